The number of carbonyl (C=O) groups is 2. The lowest BCUT2D eigenvalue weighted by atomic mass is 9.96. The minimum atomic E-state index is -0.633. The van der Waals surface area contributed by atoms with Crippen LogP contribution >= 0.6 is 0 Å². The summed E-state index contributed by atoms with van der Waals surface area (Å²) in [6, 6.07) is 0. The second kappa shape index (κ2) is 45.9. The Hall–Kier alpha value is -2.13. The van der Waals surface area contributed by atoms with E-state index in [0.717, 1.165) is 90.4 Å². The third-order valence-electron chi connectivity index (χ3n) is 12.1. The Morgan fingerprint density at radius 2 is 0.984 bits per heavy atom. The highest BCUT2D eigenvalue weighted by Crippen LogP contribution is 2.20. The smallest absolute Gasteiger partial charge is 0.480 e. The van der Waals surface area contributed by atoms with Gasteiger partial charge in [-0.3, -0.25) is 15.1 Å². The number of carbonyl (C=O) groups excluding carboxylic acids is 2. The Balaban J connectivity index is 4.67. The van der Waals surface area contributed by atoms with Gasteiger partial charge in [0.2, 0.25) is 0 Å². The van der Waals surface area contributed by atoms with Crippen molar-refractivity contribution in [2.45, 2.75) is 240 Å². The molecule has 1 N–H and O–H groups in total. The Morgan fingerprint density at radius 1 is 0.492 bits per heavy atom. The van der Waals surface area contributed by atoms with Crippen molar-refractivity contribution in [2.24, 2.45) is 5.92 Å². The van der Waals surface area contributed by atoms with Crippen molar-refractivity contribution >= 4 is 18.0 Å². The molecule has 9 nitrogen and oxygen atoms in total. The van der Waals surface area contributed by atoms with Crippen LogP contribution in [0.5, 0.6) is 0 Å². The van der Waals surface area contributed by atoms with Crippen LogP contribution in [0, 0.1) is 11.3 Å². The number of nitrogens with one attached hydrogen (secondary N) is 1. The monoisotopic (exact) mass is 864 g/mol. The molecule has 2 atom stereocenters. The van der Waals surface area contributed by atoms with Gasteiger partial charge in [0, 0.05) is 39.0 Å². The van der Waals surface area contributed by atoms with E-state index in [4.69, 9.17) is 24.4 Å². The van der Waals surface area contributed by atoms with Gasteiger partial charge >= 0.3 is 12.1 Å². The molecular weight excluding hydrogens is 763 g/mol. The molecule has 0 aliphatic heterocycles. The number of allylic oxidation sites excluding steroid dienone is 2. The summed E-state index contributed by atoms with van der Waals surface area (Å²) in [5.41, 5.74) is 0. The molecule has 0 spiro atoms. The van der Waals surface area contributed by atoms with Crippen molar-refractivity contribution in [1.82, 2.24) is 9.80 Å². The summed E-state index contributed by atoms with van der Waals surface area (Å²) < 4.78 is 23.1. The zero-order valence-electron chi connectivity index (χ0n) is 41.2. The highest BCUT2D eigenvalue weighted by atomic mass is 16.7. The van der Waals surface area contributed by atoms with Crippen molar-refractivity contribution in [3.63, 3.8) is 0 Å². The number of likely N-dealkylation sites (N-methyl/N-ethyl adjacent to an activating group) is 1. The first-order chi connectivity index (χ1) is 29.8. The normalized spacial score (nSPS) is 12.7. The zero-order chi connectivity index (χ0) is 44.9. The molecule has 0 rings (SSSR count). The first-order valence-corrected chi connectivity index (χ1v) is 26.1. The van der Waals surface area contributed by atoms with E-state index < -0.39 is 6.16 Å². The first kappa shape index (κ1) is 58.9. The number of nitrogens with zero attached hydrogens (tertiary/aromatic N) is 2. The summed E-state index contributed by atoms with van der Waals surface area (Å²) in [6.07, 6.45) is 37.3. The van der Waals surface area contributed by atoms with Gasteiger partial charge in [-0.05, 0) is 89.6 Å². The van der Waals surface area contributed by atoms with E-state index in [-0.39, 0.29) is 18.7 Å². The number of unbranched alkanes of at least 4 members (excludes halogenated alkanes) is 18. The number of hydrogen-bond donors (Lipinski definition) is 1. The van der Waals surface area contributed by atoms with Gasteiger partial charge in [0.15, 0.2) is 5.90 Å². The summed E-state index contributed by atoms with van der Waals surface area (Å²) in [5, 5.41) is 8.36. The highest BCUT2D eigenvalue weighted by molar-refractivity contribution is 5.72. The SMILES string of the molecule is CCCCCCCC/C=C\CCCCCCCC(=N)OCCN(CCOC(=O)OC(CCCCCC)CCCC(=O)OCC(CCCC)CCCCCC)CCN(CC)CC. The van der Waals surface area contributed by atoms with Crippen LogP contribution in [0.1, 0.15) is 234 Å². The molecule has 0 bridgehead atoms. The van der Waals surface area contributed by atoms with Gasteiger partial charge < -0.3 is 23.8 Å². The van der Waals surface area contributed by atoms with Gasteiger partial charge in [0.25, 0.3) is 0 Å². The Kier molecular flexibility index (Phi) is 44.3. The van der Waals surface area contributed by atoms with Gasteiger partial charge in [0.05, 0.1) is 6.61 Å². The molecule has 0 heterocycles. The maximum absolute atomic E-state index is 12.9. The molecule has 61 heavy (non-hydrogen) atoms. The zero-order valence-corrected chi connectivity index (χ0v) is 41.2. The molecular formula is C52H101N3O6. The average molecular weight is 864 g/mol. The number of hydrogen-bond acceptors (Lipinski definition) is 9. The predicted octanol–water partition coefficient (Wildman–Crippen LogP) is 14.6. The highest BCUT2D eigenvalue weighted by Gasteiger charge is 2.18. The first-order valence-electron chi connectivity index (χ1n) is 26.1. The van der Waals surface area contributed by atoms with Crippen LogP contribution in [0.2, 0.25) is 0 Å². The summed E-state index contributed by atoms with van der Waals surface area (Å²) >= 11 is 0. The van der Waals surface area contributed by atoms with Gasteiger partial charge in [-0.1, -0.05) is 163 Å². The summed E-state index contributed by atoms with van der Waals surface area (Å²) in [5.74, 6) is 0.675. The topological polar surface area (TPSA) is 101 Å². The molecule has 0 aromatic heterocycles. The second-order valence-electron chi connectivity index (χ2n) is 17.6. The van der Waals surface area contributed by atoms with E-state index in [1.807, 2.05) is 0 Å². The van der Waals surface area contributed by atoms with Crippen molar-refractivity contribution in [1.29, 1.82) is 5.41 Å². The van der Waals surface area contributed by atoms with E-state index in [1.165, 1.54) is 103 Å². The minimum absolute atomic E-state index is 0.144. The molecule has 360 valence electrons. The Morgan fingerprint density at radius 3 is 1.59 bits per heavy atom. The molecule has 0 fully saturated rings. The van der Waals surface area contributed by atoms with E-state index >= 15 is 0 Å². The van der Waals surface area contributed by atoms with Crippen molar-refractivity contribution in [3.8, 4) is 0 Å². The lowest BCUT2D eigenvalue weighted by Gasteiger charge is -2.26. The molecule has 0 aliphatic rings. The van der Waals surface area contributed by atoms with E-state index in [1.54, 1.807) is 0 Å². The standard InChI is InChI=1S/C52H101N3O6/c1-7-13-17-20-21-22-23-24-25-26-27-28-29-30-33-39-50(53)58-45-43-55(42-41-54(11-5)12-6)44-46-59-52(57)61-49(37-32-19-15-9-3)38-34-40-51(56)60-47-48(35-16-10-4)36-31-18-14-8-2/h24-25,48-49,53H,7-23,26-47H2,1-6H3/b25-24-,53-50?. The van der Waals surface area contributed by atoms with Gasteiger partial charge in [-0.15, -0.1) is 0 Å². The molecule has 0 radical (unpaired) electrons. The average Bonchev–Trinajstić information content (AvgIpc) is 3.25. The summed E-state index contributed by atoms with van der Waals surface area (Å²) in [4.78, 5) is 30.3. The Labute approximate surface area is 378 Å². The van der Waals surface area contributed by atoms with Crippen molar-refractivity contribution in [2.75, 3.05) is 59.1 Å². The van der Waals surface area contributed by atoms with Gasteiger partial charge in [-0.25, -0.2) is 4.79 Å². The lowest BCUT2D eigenvalue weighted by Crippen LogP contribution is -2.39. The fourth-order valence-corrected chi connectivity index (χ4v) is 7.79. The molecule has 0 aromatic rings. The third kappa shape index (κ3) is 40.4. The minimum Gasteiger partial charge on any atom is -0.480 e. The molecule has 0 aromatic carbocycles. The molecule has 9 heteroatoms. The molecule has 2 unspecified atom stereocenters. The van der Waals surface area contributed by atoms with Crippen LogP contribution in [0.15, 0.2) is 12.2 Å². The maximum Gasteiger partial charge on any atom is 0.508 e. The van der Waals surface area contributed by atoms with Crippen molar-refractivity contribution < 1.29 is 28.5 Å². The fourth-order valence-electron chi connectivity index (χ4n) is 7.79. The number of ether oxygens (including phenoxy) is 4. The van der Waals surface area contributed by atoms with E-state index in [9.17, 15) is 9.59 Å². The van der Waals surface area contributed by atoms with Crippen molar-refractivity contribution in [3.05, 3.63) is 12.2 Å². The lowest BCUT2D eigenvalue weighted by molar-refractivity contribution is -0.145. The van der Waals surface area contributed by atoms with Gasteiger partial charge in [0.1, 0.15) is 19.3 Å². The molecule has 0 saturated carbocycles. The van der Waals surface area contributed by atoms with E-state index in [0.29, 0.717) is 63.8 Å². The van der Waals surface area contributed by atoms with Crippen LogP contribution < -0.4 is 0 Å². The van der Waals surface area contributed by atoms with Crippen LogP contribution in [0.4, 0.5) is 4.79 Å². The summed E-state index contributed by atoms with van der Waals surface area (Å²) in [7, 11) is 0. The fraction of sp³-hybridized carbons (Fsp3) is 0.904. The van der Waals surface area contributed by atoms with Gasteiger partial charge in [-0.2, -0.15) is 0 Å². The summed E-state index contributed by atoms with van der Waals surface area (Å²) in [6.45, 7) is 19.4. The quantitative estimate of drug-likeness (QED) is 0.0212. The van der Waals surface area contributed by atoms with Crippen LogP contribution in [-0.4, -0.2) is 93.0 Å². The maximum atomic E-state index is 12.9. The van der Waals surface area contributed by atoms with E-state index in [2.05, 4.69) is 63.5 Å². The third-order valence-corrected chi connectivity index (χ3v) is 12.1. The predicted molar refractivity (Wildman–Crippen MR) is 259 cm³/mol. The molecule has 0 saturated heterocycles. The Bertz CT molecular complexity index is 1010. The number of esters is 1. The molecule has 0 amide bonds. The largest absolute Gasteiger partial charge is 0.508 e. The van der Waals surface area contributed by atoms with Crippen LogP contribution in [-0.2, 0) is 23.7 Å². The number of rotatable bonds is 46. The molecule has 0 aliphatic carbocycles. The second-order valence-corrected chi connectivity index (χ2v) is 17.6. The van der Waals surface area contributed by atoms with Crippen LogP contribution in [0.25, 0.3) is 0 Å². The van der Waals surface area contributed by atoms with Crippen LogP contribution in [0.3, 0.4) is 0 Å².